The Bertz CT molecular complexity index is 737. The summed E-state index contributed by atoms with van der Waals surface area (Å²) in [4.78, 5) is 9.40. The number of nitrogens with one attached hydrogen (secondary N) is 2. The number of thiazole rings is 1. The Kier molecular flexibility index (Phi) is 7.58. The van der Waals surface area contributed by atoms with Crippen LogP contribution in [0, 0.1) is 6.92 Å². The van der Waals surface area contributed by atoms with Crippen LogP contribution in [0.3, 0.4) is 0 Å². The number of hydrogen-bond acceptors (Lipinski definition) is 5. The number of nitrogens with zero attached hydrogens (tertiary/aromatic N) is 2. The molecule has 2 N–H and O–H groups in total. The number of aliphatic imine (C=N–C) groups is 1. The van der Waals surface area contributed by atoms with Gasteiger partial charge in [-0.05, 0) is 19.9 Å². The van der Waals surface area contributed by atoms with Gasteiger partial charge in [0.05, 0.1) is 18.2 Å². The van der Waals surface area contributed by atoms with Crippen molar-refractivity contribution in [1.29, 1.82) is 0 Å². The number of hydrogen-bond donors (Lipinski definition) is 2. The number of benzene rings is 1. The van der Waals surface area contributed by atoms with E-state index >= 15 is 0 Å². The minimum Gasteiger partial charge on any atom is -0.490 e. The van der Waals surface area contributed by atoms with E-state index in [0.717, 1.165) is 9.88 Å². The average Bonchev–Trinajstić information content (AvgIpc) is 3.02. The molecule has 0 spiro atoms. The normalized spacial score (nSPS) is 11.5. The zero-order valence-corrected chi connectivity index (χ0v) is 15.7. The molecule has 0 aliphatic carbocycles. The van der Waals surface area contributed by atoms with E-state index in [-0.39, 0.29) is 18.0 Å². The lowest BCUT2D eigenvalue weighted by Gasteiger charge is -2.17. The zero-order valence-electron chi connectivity index (χ0n) is 14.9. The number of guanidine groups is 1. The van der Waals surface area contributed by atoms with E-state index in [2.05, 4.69) is 25.3 Å². The quantitative estimate of drug-likeness (QED) is 0.540. The third kappa shape index (κ3) is 5.83. The van der Waals surface area contributed by atoms with E-state index in [1.807, 2.05) is 6.92 Å². The molecule has 26 heavy (non-hydrogen) atoms. The molecule has 0 aliphatic heterocycles. The highest BCUT2D eigenvalue weighted by molar-refractivity contribution is 7.11. The first kappa shape index (κ1) is 19.9. The summed E-state index contributed by atoms with van der Waals surface area (Å²) >= 11 is 1.60. The molecule has 2 aromatic rings. The molecule has 2 rings (SSSR count). The highest BCUT2D eigenvalue weighted by Gasteiger charge is 2.16. The van der Waals surface area contributed by atoms with E-state index in [1.54, 1.807) is 49.7 Å². The Hall–Kier alpha value is -2.42. The maximum atomic E-state index is 12.8. The van der Waals surface area contributed by atoms with Gasteiger partial charge in [0.1, 0.15) is 0 Å². The molecule has 0 fully saturated rings. The van der Waals surface area contributed by atoms with Crippen LogP contribution in [0.5, 0.6) is 11.5 Å². The van der Waals surface area contributed by atoms with Crippen LogP contribution in [0.1, 0.15) is 22.4 Å². The Morgan fingerprint density at radius 3 is 2.69 bits per heavy atom. The molecule has 1 heterocycles. The van der Waals surface area contributed by atoms with Gasteiger partial charge in [-0.3, -0.25) is 4.99 Å². The van der Waals surface area contributed by atoms with Gasteiger partial charge < -0.3 is 20.1 Å². The van der Waals surface area contributed by atoms with Crippen LogP contribution in [0.4, 0.5) is 8.78 Å². The Morgan fingerprint density at radius 2 is 2.08 bits per heavy atom. The van der Waals surface area contributed by atoms with Crippen molar-refractivity contribution in [3.05, 3.63) is 39.8 Å². The van der Waals surface area contributed by atoms with Gasteiger partial charge in [0.2, 0.25) is 0 Å². The molecule has 0 atom stereocenters. The van der Waals surface area contributed by atoms with Gasteiger partial charge in [-0.25, -0.2) is 4.98 Å². The first-order chi connectivity index (χ1) is 12.5. The monoisotopic (exact) mass is 384 g/mol. The molecule has 0 saturated carbocycles. The summed E-state index contributed by atoms with van der Waals surface area (Å²) in [7, 11) is 1.64. The van der Waals surface area contributed by atoms with Gasteiger partial charge in [0.15, 0.2) is 17.5 Å². The van der Waals surface area contributed by atoms with Gasteiger partial charge in [-0.15, -0.1) is 11.3 Å². The summed E-state index contributed by atoms with van der Waals surface area (Å²) in [6, 6.07) is 5.04. The van der Waals surface area contributed by atoms with Crippen molar-refractivity contribution in [3.63, 3.8) is 0 Å². The third-order valence-electron chi connectivity index (χ3n) is 3.34. The standard InChI is InChI=1S/C17H22F2N4O2S/c1-4-24-14-7-5-6-12(15(14)25-16(18)19)8-22-17(20-3)23-10-13-9-21-11(2)26-13/h5-7,9,16H,4,8,10H2,1-3H3,(H2,20,22,23). The minimum atomic E-state index is -2.93. The van der Waals surface area contributed by atoms with Gasteiger partial charge in [-0.1, -0.05) is 12.1 Å². The summed E-state index contributed by atoms with van der Waals surface area (Å²) < 4.78 is 35.6. The van der Waals surface area contributed by atoms with Crippen LogP contribution in [0.15, 0.2) is 29.4 Å². The average molecular weight is 384 g/mol. The largest absolute Gasteiger partial charge is 0.490 e. The molecule has 0 aliphatic rings. The smallest absolute Gasteiger partial charge is 0.387 e. The molecule has 0 amide bonds. The summed E-state index contributed by atoms with van der Waals surface area (Å²) in [5.41, 5.74) is 0.549. The SMILES string of the molecule is CCOc1cccc(CNC(=NC)NCc2cnc(C)s2)c1OC(F)F. The number of ether oxygens (including phenoxy) is 2. The maximum absolute atomic E-state index is 12.8. The maximum Gasteiger partial charge on any atom is 0.387 e. The van der Waals surface area contributed by atoms with E-state index in [4.69, 9.17) is 4.74 Å². The fourth-order valence-electron chi connectivity index (χ4n) is 2.25. The number of alkyl halides is 2. The van der Waals surface area contributed by atoms with Gasteiger partial charge in [0, 0.05) is 30.2 Å². The van der Waals surface area contributed by atoms with E-state index < -0.39 is 6.61 Å². The van der Waals surface area contributed by atoms with Crippen molar-refractivity contribution >= 4 is 17.3 Å². The van der Waals surface area contributed by atoms with Crippen molar-refractivity contribution < 1.29 is 18.3 Å². The summed E-state index contributed by atoms with van der Waals surface area (Å²) in [6.07, 6.45) is 1.81. The second-order valence-corrected chi connectivity index (χ2v) is 6.50. The number of rotatable bonds is 8. The van der Waals surface area contributed by atoms with Crippen molar-refractivity contribution in [2.24, 2.45) is 4.99 Å². The second kappa shape index (κ2) is 9.91. The predicted octanol–water partition coefficient (Wildman–Crippen LogP) is 3.32. The molecule has 1 aromatic carbocycles. The van der Waals surface area contributed by atoms with Crippen LogP contribution >= 0.6 is 11.3 Å². The Morgan fingerprint density at radius 1 is 1.31 bits per heavy atom. The lowest BCUT2D eigenvalue weighted by Crippen LogP contribution is -2.36. The lowest BCUT2D eigenvalue weighted by atomic mass is 10.2. The van der Waals surface area contributed by atoms with Crippen molar-refractivity contribution in [2.75, 3.05) is 13.7 Å². The van der Waals surface area contributed by atoms with Crippen LogP contribution < -0.4 is 20.1 Å². The Balaban J connectivity index is 2.02. The fraction of sp³-hybridized carbons (Fsp3) is 0.412. The lowest BCUT2D eigenvalue weighted by molar-refractivity contribution is -0.0520. The Labute approximate surface area is 155 Å². The van der Waals surface area contributed by atoms with Crippen molar-refractivity contribution in [3.8, 4) is 11.5 Å². The second-order valence-electron chi connectivity index (χ2n) is 5.18. The van der Waals surface area contributed by atoms with Crippen molar-refractivity contribution in [2.45, 2.75) is 33.5 Å². The van der Waals surface area contributed by atoms with E-state index in [9.17, 15) is 8.78 Å². The van der Waals surface area contributed by atoms with Crippen LogP contribution in [0.25, 0.3) is 0 Å². The molecule has 9 heteroatoms. The summed E-state index contributed by atoms with van der Waals surface area (Å²) in [5, 5.41) is 7.24. The number of aromatic nitrogens is 1. The molecule has 0 unspecified atom stereocenters. The number of halogens is 2. The van der Waals surface area contributed by atoms with Crippen molar-refractivity contribution in [1.82, 2.24) is 15.6 Å². The molecule has 1 aromatic heterocycles. The highest BCUT2D eigenvalue weighted by atomic mass is 32.1. The zero-order chi connectivity index (χ0) is 18.9. The van der Waals surface area contributed by atoms with Gasteiger partial charge in [-0.2, -0.15) is 8.78 Å². The summed E-state index contributed by atoms with van der Waals surface area (Å²) in [5.74, 6) is 0.862. The van der Waals surface area contributed by atoms with E-state index in [1.165, 1.54) is 0 Å². The molecule has 0 bridgehead atoms. The molecule has 142 valence electrons. The molecule has 0 radical (unpaired) electrons. The van der Waals surface area contributed by atoms with E-state index in [0.29, 0.717) is 24.7 Å². The molecular formula is C17H22F2N4O2S. The third-order valence-corrected chi connectivity index (χ3v) is 4.25. The minimum absolute atomic E-state index is 0.0328. The molecule has 0 saturated heterocycles. The molecule has 6 nitrogen and oxygen atoms in total. The number of aryl methyl sites for hydroxylation is 1. The van der Waals surface area contributed by atoms with Crippen LogP contribution in [-0.2, 0) is 13.1 Å². The molecular weight excluding hydrogens is 362 g/mol. The highest BCUT2D eigenvalue weighted by Crippen LogP contribution is 2.32. The topological polar surface area (TPSA) is 67.8 Å². The first-order valence-corrected chi connectivity index (χ1v) is 8.90. The van der Waals surface area contributed by atoms with Crippen LogP contribution in [0.2, 0.25) is 0 Å². The fourth-order valence-corrected chi connectivity index (χ4v) is 2.98. The first-order valence-electron chi connectivity index (χ1n) is 8.08. The van der Waals surface area contributed by atoms with Gasteiger partial charge >= 0.3 is 6.61 Å². The number of para-hydroxylation sites is 1. The summed E-state index contributed by atoms with van der Waals surface area (Å²) in [6.45, 7) is 1.98. The van der Waals surface area contributed by atoms with Crippen LogP contribution in [-0.4, -0.2) is 31.2 Å². The predicted molar refractivity (Wildman–Crippen MR) is 98.1 cm³/mol. The van der Waals surface area contributed by atoms with Gasteiger partial charge in [0.25, 0.3) is 0 Å².